The summed E-state index contributed by atoms with van der Waals surface area (Å²) < 4.78 is 18.6. The number of hydrogen-bond donors (Lipinski definition) is 1. The average Bonchev–Trinajstić information content (AvgIpc) is 2.85. The zero-order valence-corrected chi connectivity index (χ0v) is 12.5. The lowest BCUT2D eigenvalue weighted by atomic mass is 10.2. The molecule has 19 heavy (non-hydrogen) atoms. The van der Waals surface area contributed by atoms with Gasteiger partial charge in [0.1, 0.15) is 12.1 Å². The number of hydrogen-bond acceptors (Lipinski definition) is 5. The molecular weight excluding hydrogens is 281 g/mol. The van der Waals surface area contributed by atoms with Crippen molar-refractivity contribution in [2.45, 2.75) is 29.6 Å². The van der Waals surface area contributed by atoms with Gasteiger partial charge in [0.25, 0.3) is 0 Å². The van der Waals surface area contributed by atoms with Crippen LogP contribution in [0.3, 0.4) is 0 Å². The first-order valence-corrected chi connectivity index (χ1v) is 7.68. The predicted octanol–water partition coefficient (Wildman–Crippen LogP) is 3.57. The van der Waals surface area contributed by atoms with Gasteiger partial charge >= 0.3 is 0 Å². The summed E-state index contributed by atoms with van der Waals surface area (Å²) in [5, 5.41) is 3.34. The maximum atomic E-state index is 13.9. The van der Waals surface area contributed by atoms with Gasteiger partial charge in [-0.25, -0.2) is 9.37 Å². The highest BCUT2D eigenvalue weighted by Crippen LogP contribution is 2.33. The Morgan fingerprint density at radius 3 is 2.95 bits per heavy atom. The number of halogens is 1. The van der Waals surface area contributed by atoms with Crippen molar-refractivity contribution in [1.29, 1.82) is 0 Å². The second kappa shape index (κ2) is 6.98. The minimum atomic E-state index is -0.205. The van der Waals surface area contributed by atoms with Crippen LogP contribution in [-0.2, 0) is 6.54 Å². The summed E-state index contributed by atoms with van der Waals surface area (Å²) >= 11 is 2.61. The fraction of sp³-hybridized carbons (Fsp3) is 0.385. The van der Waals surface area contributed by atoms with E-state index < -0.39 is 0 Å². The molecule has 0 unspecified atom stereocenters. The fourth-order valence-corrected chi connectivity index (χ4v) is 3.12. The first-order valence-electron chi connectivity index (χ1n) is 6.09. The fourth-order valence-electron chi connectivity index (χ4n) is 1.60. The highest BCUT2D eigenvalue weighted by atomic mass is 32.2. The van der Waals surface area contributed by atoms with Gasteiger partial charge in [-0.05, 0) is 35.6 Å². The summed E-state index contributed by atoms with van der Waals surface area (Å²) in [4.78, 5) is 4.72. The molecule has 0 fully saturated rings. The van der Waals surface area contributed by atoms with Gasteiger partial charge in [0.15, 0.2) is 4.34 Å². The van der Waals surface area contributed by atoms with Crippen molar-refractivity contribution in [2.75, 3.05) is 6.54 Å². The van der Waals surface area contributed by atoms with E-state index in [2.05, 4.69) is 28.5 Å². The van der Waals surface area contributed by atoms with Gasteiger partial charge in [0.2, 0.25) is 0 Å². The van der Waals surface area contributed by atoms with Crippen LogP contribution in [-0.4, -0.2) is 15.9 Å². The summed E-state index contributed by atoms with van der Waals surface area (Å²) in [5.41, 5.74) is 0.959. The third-order valence-electron chi connectivity index (χ3n) is 2.45. The van der Waals surface area contributed by atoms with E-state index in [4.69, 9.17) is 0 Å². The van der Waals surface area contributed by atoms with Gasteiger partial charge < -0.3 is 5.32 Å². The van der Waals surface area contributed by atoms with E-state index in [1.165, 1.54) is 35.7 Å². The largest absolute Gasteiger partial charge is 0.312 e. The monoisotopic (exact) mass is 297 g/mol. The molecule has 0 aliphatic heterocycles. The Bertz CT molecular complexity index is 515. The maximum Gasteiger partial charge on any atom is 0.174 e. The molecule has 0 amide bonds. The van der Waals surface area contributed by atoms with E-state index in [1.54, 1.807) is 6.07 Å². The van der Waals surface area contributed by atoms with Crippen molar-refractivity contribution in [3.63, 3.8) is 0 Å². The van der Waals surface area contributed by atoms with Crippen molar-refractivity contribution in [1.82, 2.24) is 14.7 Å². The molecule has 0 aliphatic carbocycles. The molecule has 0 aliphatic rings. The molecule has 2 rings (SSSR count). The molecule has 0 atom stereocenters. The summed E-state index contributed by atoms with van der Waals surface area (Å²) in [7, 11) is 0. The standard InChI is InChI=1S/C13H16FN3S2/c1-9(2)6-15-7-10-4-3-5-11(14)12(10)18-13-16-8-17-19-13/h3-5,8-9,15H,6-7H2,1-2H3. The minimum absolute atomic E-state index is 0.205. The molecule has 0 saturated carbocycles. The van der Waals surface area contributed by atoms with Crippen molar-refractivity contribution in [2.24, 2.45) is 5.92 Å². The molecule has 3 nitrogen and oxygen atoms in total. The van der Waals surface area contributed by atoms with E-state index in [-0.39, 0.29) is 5.82 Å². The van der Waals surface area contributed by atoms with E-state index in [0.717, 1.165) is 16.4 Å². The minimum Gasteiger partial charge on any atom is -0.312 e. The Morgan fingerprint density at radius 1 is 1.42 bits per heavy atom. The van der Waals surface area contributed by atoms with Crippen LogP contribution in [0.5, 0.6) is 0 Å². The third kappa shape index (κ3) is 4.26. The molecule has 0 saturated heterocycles. The van der Waals surface area contributed by atoms with Crippen LogP contribution in [0.4, 0.5) is 4.39 Å². The molecule has 1 heterocycles. The lowest BCUT2D eigenvalue weighted by Gasteiger charge is -2.11. The number of rotatable bonds is 6. The van der Waals surface area contributed by atoms with Gasteiger partial charge in [-0.2, -0.15) is 4.37 Å². The highest BCUT2D eigenvalue weighted by molar-refractivity contribution is 8.01. The normalized spacial score (nSPS) is 11.2. The molecule has 102 valence electrons. The maximum absolute atomic E-state index is 13.9. The van der Waals surface area contributed by atoms with E-state index >= 15 is 0 Å². The van der Waals surface area contributed by atoms with Crippen LogP contribution >= 0.6 is 23.3 Å². The van der Waals surface area contributed by atoms with Crippen molar-refractivity contribution in [3.05, 3.63) is 35.9 Å². The lowest BCUT2D eigenvalue weighted by molar-refractivity contribution is 0.543. The molecule has 0 radical (unpaired) electrons. The van der Waals surface area contributed by atoms with Gasteiger partial charge in [-0.3, -0.25) is 0 Å². The van der Waals surface area contributed by atoms with Crippen LogP contribution < -0.4 is 5.32 Å². The zero-order valence-electron chi connectivity index (χ0n) is 10.9. The van der Waals surface area contributed by atoms with Crippen LogP contribution in [0.1, 0.15) is 19.4 Å². The van der Waals surface area contributed by atoms with E-state index in [9.17, 15) is 4.39 Å². The number of nitrogens with zero attached hydrogens (tertiary/aromatic N) is 2. The number of nitrogens with one attached hydrogen (secondary N) is 1. The van der Waals surface area contributed by atoms with Gasteiger partial charge in [0, 0.05) is 6.54 Å². The van der Waals surface area contributed by atoms with Crippen LogP contribution in [0.15, 0.2) is 33.8 Å². The smallest absolute Gasteiger partial charge is 0.174 e. The second-order valence-corrected chi connectivity index (χ2v) is 6.60. The molecule has 2 aromatic rings. The molecule has 6 heteroatoms. The molecular formula is C13H16FN3S2. The SMILES string of the molecule is CC(C)CNCc1cccc(F)c1Sc1ncns1. The quantitative estimate of drug-likeness (QED) is 0.884. The lowest BCUT2D eigenvalue weighted by Crippen LogP contribution is -2.19. The van der Waals surface area contributed by atoms with Crippen molar-refractivity contribution in [3.8, 4) is 0 Å². The summed E-state index contributed by atoms with van der Waals surface area (Å²) in [6.45, 7) is 5.88. The van der Waals surface area contributed by atoms with Gasteiger partial charge in [0.05, 0.1) is 4.90 Å². The zero-order chi connectivity index (χ0) is 13.7. The number of aromatic nitrogens is 2. The van der Waals surface area contributed by atoms with Crippen molar-refractivity contribution < 1.29 is 4.39 Å². The van der Waals surface area contributed by atoms with E-state index in [0.29, 0.717) is 17.4 Å². The van der Waals surface area contributed by atoms with E-state index in [1.807, 2.05) is 6.07 Å². The Balaban J connectivity index is 2.11. The summed E-state index contributed by atoms with van der Waals surface area (Å²) in [6.07, 6.45) is 1.49. The Morgan fingerprint density at radius 2 is 2.26 bits per heavy atom. The third-order valence-corrected chi connectivity index (χ3v) is 4.32. The first-order chi connectivity index (χ1) is 9.16. The van der Waals surface area contributed by atoms with Crippen LogP contribution in [0.2, 0.25) is 0 Å². The molecule has 1 N–H and O–H groups in total. The molecule has 0 bridgehead atoms. The summed E-state index contributed by atoms with van der Waals surface area (Å²) in [6, 6.07) is 5.17. The van der Waals surface area contributed by atoms with Crippen molar-refractivity contribution >= 4 is 23.3 Å². The summed E-state index contributed by atoms with van der Waals surface area (Å²) in [5.74, 6) is 0.372. The van der Waals surface area contributed by atoms with Crippen LogP contribution in [0, 0.1) is 11.7 Å². The predicted molar refractivity (Wildman–Crippen MR) is 77.0 cm³/mol. The van der Waals surface area contributed by atoms with Crippen LogP contribution in [0.25, 0.3) is 0 Å². The number of benzene rings is 1. The second-order valence-electron chi connectivity index (χ2n) is 4.56. The molecule has 1 aromatic heterocycles. The molecule has 0 spiro atoms. The average molecular weight is 297 g/mol. The Kier molecular flexibility index (Phi) is 5.30. The van der Waals surface area contributed by atoms with Gasteiger partial charge in [-0.15, -0.1) is 0 Å². The highest BCUT2D eigenvalue weighted by Gasteiger charge is 2.11. The topological polar surface area (TPSA) is 37.8 Å². The first kappa shape index (κ1) is 14.4. The van der Waals surface area contributed by atoms with Gasteiger partial charge in [-0.1, -0.05) is 37.7 Å². The Labute approximate surface area is 120 Å². The molecule has 1 aromatic carbocycles. The Hall–Kier alpha value is -0.980.